The van der Waals surface area contributed by atoms with Crippen molar-refractivity contribution in [3.05, 3.63) is 62.3 Å². The number of rotatable bonds is 5. The van der Waals surface area contributed by atoms with Gasteiger partial charge in [-0.2, -0.15) is 5.10 Å². The van der Waals surface area contributed by atoms with Crippen molar-refractivity contribution in [3.63, 3.8) is 0 Å². The molecular formula is C18H22N4O4. The number of morpholine rings is 1. The van der Waals surface area contributed by atoms with Crippen LogP contribution in [0.25, 0.3) is 0 Å². The summed E-state index contributed by atoms with van der Waals surface area (Å²) in [6.07, 6.45) is 0.442. The van der Waals surface area contributed by atoms with E-state index in [1.165, 1.54) is 0 Å². The lowest BCUT2D eigenvalue weighted by atomic mass is 10.1. The summed E-state index contributed by atoms with van der Waals surface area (Å²) in [5, 5.41) is 17.0. The van der Waals surface area contributed by atoms with Crippen molar-refractivity contribution in [1.82, 2.24) is 14.6 Å². The summed E-state index contributed by atoms with van der Waals surface area (Å²) in [5.41, 5.74) is 0.0284. The summed E-state index contributed by atoms with van der Waals surface area (Å²) in [6.45, 7) is 4.37. The average Bonchev–Trinajstić information content (AvgIpc) is 2.66. The maximum Gasteiger partial charge on any atom is 0.331 e. The number of nitrogens with zero attached hydrogens (tertiary/aromatic N) is 3. The van der Waals surface area contributed by atoms with Crippen molar-refractivity contribution < 1.29 is 9.84 Å². The molecule has 0 atom stereocenters. The Labute approximate surface area is 150 Å². The summed E-state index contributed by atoms with van der Waals surface area (Å²) >= 11 is 0. The van der Waals surface area contributed by atoms with E-state index in [2.05, 4.69) is 10.1 Å². The highest BCUT2D eigenvalue weighted by atomic mass is 16.5. The third kappa shape index (κ3) is 3.85. The third-order valence-electron chi connectivity index (χ3n) is 4.23. The molecule has 1 aliphatic rings. The molecule has 1 aromatic carbocycles. The summed E-state index contributed by atoms with van der Waals surface area (Å²) in [6, 6.07) is 9.26. The van der Waals surface area contributed by atoms with E-state index >= 15 is 0 Å². The summed E-state index contributed by atoms with van der Waals surface area (Å²) in [7, 11) is 0. The molecule has 1 fully saturated rings. The Morgan fingerprint density at radius 1 is 1.23 bits per heavy atom. The number of aromatic amines is 1. The highest BCUT2D eigenvalue weighted by Gasteiger charge is 2.20. The Morgan fingerprint density at radius 2 is 1.92 bits per heavy atom. The van der Waals surface area contributed by atoms with Gasteiger partial charge in [-0.05, 0) is 12.0 Å². The lowest BCUT2D eigenvalue weighted by Gasteiger charge is -2.25. The van der Waals surface area contributed by atoms with Gasteiger partial charge in [-0.15, -0.1) is 0 Å². The molecule has 1 aliphatic heterocycles. The quantitative estimate of drug-likeness (QED) is 0.768. The van der Waals surface area contributed by atoms with Crippen LogP contribution in [-0.2, 0) is 11.3 Å². The first-order valence-electron chi connectivity index (χ1n) is 8.60. The molecule has 0 saturated carbocycles. The third-order valence-corrected chi connectivity index (χ3v) is 4.23. The van der Waals surface area contributed by atoms with Gasteiger partial charge in [0.1, 0.15) is 5.56 Å². The Balaban J connectivity index is 2.03. The summed E-state index contributed by atoms with van der Waals surface area (Å²) < 4.78 is 6.45. The van der Waals surface area contributed by atoms with E-state index in [0.29, 0.717) is 38.4 Å². The van der Waals surface area contributed by atoms with Crippen molar-refractivity contribution in [2.24, 2.45) is 5.10 Å². The number of aromatic nitrogens is 2. The number of nitrogens with one attached hydrogen (secondary N) is 1. The number of H-pyrrole nitrogens is 1. The number of hydrogen-bond donors (Lipinski definition) is 2. The summed E-state index contributed by atoms with van der Waals surface area (Å²) in [4.78, 5) is 26.8. The molecular weight excluding hydrogens is 336 g/mol. The second kappa shape index (κ2) is 8.01. The van der Waals surface area contributed by atoms with Crippen LogP contribution in [0, 0.1) is 0 Å². The van der Waals surface area contributed by atoms with Gasteiger partial charge in [0.15, 0.2) is 0 Å². The Kier molecular flexibility index (Phi) is 5.52. The average molecular weight is 358 g/mol. The van der Waals surface area contributed by atoms with Crippen LogP contribution in [-0.4, -0.2) is 51.7 Å². The van der Waals surface area contributed by atoms with E-state index in [9.17, 15) is 14.7 Å². The zero-order valence-corrected chi connectivity index (χ0v) is 14.6. The first-order valence-corrected chi connectivity index (χ1v) is 8.60. The lowest BCUT2D eigenvalue weighted by molar-refractivity contribution is 0.0393. The van der Waals surface area contributed by atoms with Crippen LogP contribution >= 0.6 is 0 Å². The molecule has 2 N–H and O–H groups in total. The molecule has 0 aliphatic carbocycles. The normalized spacial score (nSPS) is 15.3. The van der Waals surface area contributed by atoms with E-state index in [4.69, 9.17) is 4.74 Å². The van der Waals surface area contributed by atoms with E-state index in [0.717, 1.165) is 10.1 Å². The molecule has 0 unspecified atom stereocenters. The smallest absolute Gasteiger partial charge is 0.331 e. The van der Waals surface area contributed by atoms with Crippen LogP contribution in [0.15, 0.2) is 45.0 Å². The van der Waals surface area contributed by atoms with Crippen LogP contribution in [0.4, 0.5) is 0 Å². The van der Waals surface area contributed by atoms with Crippen molar-refractivity contribution in [2.45, 2.75) is 19.9 Å². The van der Waals surface area contributed by atoms with Crippen LogP contribution < -0.4 is 11.2 Å². The minimum atomic E-state index is -0.651. The van der Waals surface area contributed by atoms with Crippen molar-refractivity contribution in [1.29, 1.82) is 0 Å². The molecule has 138 valence electrons. The molecule has 2 heterocycles. The molecule has 0 radical (unpaired) electrons. The fourth-order valence-electron chi connectivity index (χ4n) is 2.85. The van der Waals surface area contributed by atoms with E-state index < -0.39 is 11.2 Å². The van der Waals surface area contributed by atoms with Crippen LogP contribution in [0.2, 0.25) is 0 Å². The first-order chi connectivity index (χ1) is 12.6. The minimum Gasteiger partial charge on any atom is -0.494 e. The lowest BCUT2D eigenvalue weighted by Crippen LogP contribution is -2.36. The number of aromatic hydroxyl groups is 1. The van der Waals surface area contributed by atoms with Crippen LogP contribution in [0.3, 0.4) is 0 Å². The zero-order chi connectivity index (χ0) is 18.5. The topological polar surface area (TPSA) is 99.9 Å². The maximum absolute atomic E-state index is 12.4. The van der Waals surface area contributed by atoms with Crippen LogP contribution in [0.1, 0.15) is 24.5 Å². The molecule has 0 amide bonds. The molecule has 2 aromatic rings. The number of hydrazone groups is 1. The standard InChI is InChI=1S/C18H22N4O4/c1-2-14(20-21-8-10-26-11-9-21)15-16(23)19-18(25)22(17(15)24)12-13-6-4-3-5-7-13/h3-7,24H,2,8-12H2,1H3,(H,19,23,25)/b20-14+. The Bertz CT molecular complexity index is 896. The second-order valence-electron chi connectivity index (χ2n) is 6.00. The highest BCUT2D eigenvalue weighted by Crippen LogP contribution is 2.16. The molecule has 1 aromatic heterocycles. The van der Waals surface area contributed by atoms with Crippen molar-refractivity contribution >= 4 is 5.71 Å². The van der Waals surface area contributed by atoms with Gasteiger partial charge in [0.25, 0.3) is 5.56 Å². The van der Waals surface area contributed by atoms with Gasteiger partial charge in [0, 0.05) is 0 Å². The van der Waals surface area contributed by atoms with Gasteiger partial charge in [0.2, 0.25) is 5.88 Å². The fourth-order valence-corrected chi connectivity index (χ4v) is 2.85. The minimum absolute atomic E-state index is 0.0366. The largest absolute Gasteiger partial charge is 0.494 e. The molecule has 3 rings (SSSR count). The number of hydrogen-bond acceptors (Lipinski definition) is 6. The van der Waals surface area contributed by atoms with Crippen LogP contribution in [0.5, 0.6) is 5.88 Å². The highest BCUT2D eigenvalue weighted by molar-refractivity contribution is 6.01. The molecule has 8 nitrogen and oxygen atoms in total. The monoisotopic (exact) mass is 358 g/mol. The number of ether oxygens (including phenoxy) is 1. The zero-order valence-electron chi connectivity index (χ0n) is 14.6. The van der Waals surface area contributed by atoms with E-state index in [1.54, 1.807) is 0 Å². The van der Waals surface area contributed by atoms with Crippen molar-refractivity contribution in [2.75, 3.05) is 26.3 Å². The predicted octanol–water partition coefficient (Wildman–Crippen LogP) is 0.737. The van der Waals surface area contributed by atoms with Gasteiger partial charge in [-0.1, -0.05) is 37.3 Å². The molecule has 8 heteroatoms. The SMILES string of the molecule is CC/C(=N\N1CCOCC1)c1c(O)n(Cc2ccccc2)c(=O)[nH]c1=O. The fraction of sp³-hybridized carbons (Fsp3) is 0.389. The van der Waals surface area contributed by atoms with Gasteiger partial charge in [-0.25, -0.2) is 4.79 Å². The maximum atomic E-state index is 12.4. The van der Waals surface area contributed by atoms with Gasteiger partial charge < -0.3 is 9.84 Å². The number of benzene rings is 1. The van der Waals surface area contributed by atoms with Crippen molar-refractivity contribution in [3.8, 4) is 5.88 Å². The van der Waals surface area contributed by atoms with Gasteiger partial charge in [0.05, 0.1) is 38.6 Å². The molecule has 1 saturated heterocycles. The van der Waals surface area contributed by atoms with Gasteiger partial charge >= 0.3 is 5.69 Å². The van der Waals surface area contributed by atoms with E-state index in [1.807, 2.05) is 42.3 Å². The second-order valence-corrected chi connectivity index (χ2v) is 6.00. The van der Waals surface area contributed by atoms with Gasteiger partial charge in [-0.3, -0.25) is 19.4 Å². The molecule has 0 bridgehead atoms. The summed E-state index contributed by atoms with van der Waals surface area (Å²) in [5.74, 6) is -0.364. The van der Waals surface area contributed by atoms with E-state index in [-0.39, 0.29) is 18.0 Å². The predicted molar refractivity (Wildman–Crippen MR) is 97.8 cm³/mol. The Morgan fingerprint density at radius 3 is 2.58 bits per heavy atom. The molecule has 26 heavy (non-hydrogen) atoms. The molecule has 0 spiro atoms. The Hall–Kier alpha value is -2.87. The first kappa shape index (κ1) is 17.9.